The van der Waals surface area contributed by atoms with E-state index in [1.54, 1.807) is 0 Å². The van der Waals surface area contributed by atoms with Crippen molar-refractivity contribution in [1.82, 2.24) is 0 Å². The zero-order valence-electron chi connectivity index (χ0n) is 12.6. The molecule has 0 N–H and O–H groups in total. The van der Waals surface area contributed by atoms with E-state index in [0.717, 1.165) is 13.2 Å². The third-order valence-corrected chi connectivity index (χ3v) is 3.97. The van der Waals surface area contributed by atoms with Gasteiger partial charge in [0.2, 0.25) is 0 Å². The van der Waals surface area contributed by atoms with E-state index in [4.69, 9.17) is 4.74 Å². The van der Waals surface area contributed by atoms with Gasteiger partial charge in [-0.1, -0.05) is 59.7 Å². The van der Waals surface area contributed by atoms with Crippen LogP contribution in [-0.4, -0.2) is 6.61 Å². The van der Waals surface area contributed by atoms with Crippen molar-refractivity contribution in [3.8, 4) is 0 Å². The van der Waals surface area contributed by atoms with Crippen LogP contribution >= 0.6 is 0 Å². The molecule has 1 atom stereocenters. The van der Waals surface area contributed by atoms with Crippen LogP contribution in [0.1, 0.15) is 64.2 Å². The quantitative estimate of drug-likeness (QED) is 0.648. The van der Waals surface area contributed by atoms with Gasteiger partial charge in [0.05, 0.1) is 13.2 Å². The van der Waals surface area contributed by atoms with Gasteiger partial charge in [-0.05, 0) is 27.5 Å². The van der Waals surface area contributed by atoms with Gasteiger partial charge in [0.1, 0.15) is 0 Å². The van der Waals surface area contributed by atoms with Gasteiger partial charge in [-0.15, -0.1) is 0 Å². The maximum absolute atomic E-state index is 5.87. The second-order valence-corrected chi connectivity index (χ2v) is 7.56. The van der Waals surface area contributed by atoms with E-state index >= 15 is 0 Å². The van der Waals surface area contributed by atoms with Crippen LogP contribution in [0.4, 0.5) is 0 Å². The van der Waals surface area contributed by atoms with Gasteiger partial charge in [0.25, 0.3) is 0 Å². The summed E-state index contributed by atoms with van der Waals surface area (Å²) in [4.78, 5) is 0. The Balaban J connectivity index is 2.54. The Bertz CT molecular complexity index is 432. The summed E-state index contributed by atoms with van der Waals surface area (Å²) >= 11 is 0. The van der Waals surface area contributed by atoms with Crippen molar-refractivity contribution in [1.29, 1.82) is 0 Å². The smallest absolute Gasteiger partial charge is 0.0722 e. The van der Waals surface area contributed by atoms with Crippen molar-refractivity contribution in [2.75, 3.05) is 6.61 Å². The predicted molar refractivity (Wildman–Crippen MR) is 77.0 cm³/mol. The molecule has 1 heterocycles. The van der Waals surface area contributed by atoms with E-state index in [9.17, 15) is 0 Å². The van der Waals surface area contributed by atoms with E-state index in [0.29, 0.717) is 5.92 Å². The highest BCUT2D eigenvalue weighted by Crippen LogP contribution is 2.42. The molecule has 0 saturated carbocycles. The fourth-order valence-electron chi connectivity index (χ4n) is 2.88. The second kappa shape index (κ2) is 4.38. The number of hydrogen-bond acceptors (Lipinski definition) is 1. The molecule has 18 heavy (non-hydrogen) atoms. The van der Waals surface area contributed by atoms with Crippen LogP contribution in [0.5, 0.6) is 0 Å². The summed E-state index contributed by atoms with van der Waals surface area (Å²) in [6, 6.07) is 6.76. The van der Waals surface area contributed by atoms with Gasteiger partial charge in [0, 0.05) is 5.92 Å². The Hall–Kier alpha value is -0.820. The Morgan fingerprint density at radius 2 is 1.72 bits per heavy atom. The van der Waals surface area contributed by atoms with E-state index in [1.165, 1.54) is 16.7 Å². The van der Waals surface area contributed by atoms with Crippen LogP contribution in [0.25, 0.3) is 0 Å². The van der Waals surface area contributed by atoms with Gasteiger partial charge in [0.15, 0.2) is 0 Å². The average molecular weight is 246 g/mol. The summed E-state index contributed by atoms with van der Waals surface area (Å²) in [5.41, 5.74) is 4.81. The lowest BCUT2D eigenvalue weighted by Crippen LogP contribution is -2.30. The van der Waals surface area contributed by atoms with Crippen LogP contribution in [-0.2, 0) is 16.8 Å². The molecule has 0 aromatic heterocycles. The van der Waals surface area contributed by atoms with Gasteiger partial charge in [-0.2, -0.15) is 0 Å². The average Bonchev–Trinajstić information content (AvgIpc) is 2.24. The minimum Gasteiger partial charge on any atom is -0.376 e. The van der Waals surface area contributed by atoms with Crippen molar-refractivity contribution < 1.29 is 4.74 Å². The molecule has 1 nitrogen and oxygen atoms in total. The van der Waals surface area contributed by atoms with Crippen LogP contribution in [0.3, 0.4) is 0 Å². The van der Waals surface area contributed by atoms with E-state index in [-0.39, 0.29) is 10.8 Å². The molecule has 0 aliphatic carbocycles. The molecular weight excluding hydrogens is 220 g/mol. The monoisotopic (exact) mass is 246 g/mol. The van der Waals surface area contributed by atoms with Gasteiger partial charge >= 0.3 is 0 Å². The molecule has 0 amide bonds. The highest BCUT2D eigenvalue weighted by atomic mass is 16.5. The van der Waals surface area contributed by atoms with Crippen LogP contribution in [0.15, 0.2) is 18.2 Å². The first kappa shape index (κ1) is 13.6. The molecule has 0 saturated heterocycles. The van der Waals surface area contributed by atoms with Crippen molar-refractivity contribution in [2.45, 2.75) is 59.5 Å². The lowest BCUT2D eigenvalue weighted by molar-refractivity contribution is 0.0586. The fraction of sp³-hybridized carbons (Fsp3) is 0.647. The highest BCUT2D eigenvalue weighted by Gasteiger charge is 2.33. The molecule has 2 rings (SSSR count). The van der Waals surface area contributed by atoms with Gasteiger partial charge in [-0.25, -0.2) is 0 Å². The Morgan fingerprint density at radius 3 is 2.28 bits per heavy atom. The summed E-state index contributed by atoms with van der Waals surface area (Å²) in [6.45, 7) is 15.4. The minimum atomic E-state index is 0.189. The summed E-state index contributed by atoms with van der Waals surface area (Å²) in [5.74, 6) is 0.503. The van der Waals surface area contributed by atoms with Crippen molar-refractivity contribution in [3.05, 3.63) is 34.9 Å². The van der Waals surface area contributed by atoms with Crippen molar-refractivity contribution in [2.24, 2.45) is 5.41 Å². The number of hydrogen-bond donors (Lipinski definition) is 0. The molecule has 0 spiro atoms. The standard InChI is InChI=1S/C17H26O/c1-16(2,3)14-9-7-8-12-13(14)10-18-11-15(12)17(4,5)6/h7-9,15H,10-11H2,1-6H3. The third kappa shape index (κ3) is 2.47. The van der Waals surface area contributed by atoms with Crippen LogP contribution < -0.4 is 0 Å². The topological polar surface area (TPSA) is 9.23 Å². The lowest BCUT2D eigenvalue weighted by atomic mass is 9.72. The highest BCUT2D eigenvalue weighted by molar-refractivity contribution is 5.42. The Kier molecular flexibility index (Phi) is 3.31. The van der Waals surface area contributed by atoms with Crippen molar-refractivity contribution in [3.63, 3.8) is 0 Å². The molecule has 1 aliphatic rings. The second-order valence-electron chi connectivity index (χ2n) is 7.56. The molecule has 0 bridgehead atoms. The molecule has 100 valence electrons. The molecule has 1 aromatic carbocycles. The summed E-state index contributed by atoms with van der Waals surface area (Å²) in [5, 5.41) is 0. The Morgan fingerprint density at radius 1 is 1.06 bits per heavy atom. The molecule has 1 aliphatic heterocycles. The van der Waals surface area contributed by atoms with E-state index in [1.807, 2.05) is 0 Å². The lowest BCUT2D eigenvalue weighted by Gasteiger charge is -2.38. The third-order valence-electron chi connectivity index (χ3n) is 3.97. The van der Waals surface area contributed by atoms with E-state index < -0.39 is 0 Å². The molecule has 1 unspecified atom stereocenters. The maximum Gasteiger partial charge on any atom is 0.0722 e. The first-order valence-corrected chi connectivity index (χ1v) is 6.91. The van der Waals surface area contributed by atoms with Gasteiger partial charge < -0.3 is 4.74 Å². The van der Waals surface area contributed by atoms with Gasteiger partial charge in [-0.3, -0.25) is 0 Å². The van der Waals surface area contributed by atoms with Crippen LogP contribution in [0.2, 0.25) is 0 Å². The fourth-order valence-corrected chi connectivity index (χ4v) is 2.88. The first-order chi connectivity index (χ1) is 8.21. The molecule has 1 heteroatoms. The number of fused-ring (bicyclic) bond motifs is 1. The zero-order valence-corrected chi connectivity index (χ0v) is 12.6. The number of benzene rings is 1. The zero-order chi connectivity index (χ0) is 13.6. The molecule has 1 aromatic rings. The van der Waals surface area contributed by atoms with E-state index in [2.05, 4.69) is 59.7 Å². The Labute approximate surface area is 112 Å². The first-order valence-electron chi connectivity index (χ1n) is 6.91. The largest absolute Gasteiger partial charge is 0.376 e. The molecule has 0 radical (unpaired) electrons. The van der Waals surface area contributed by atoms with Crippen LogP contribution in [0, 0.1) is 5.41 Å². The molecule has 0 fully saturated rings. The summed E-state index contributed by atoms with van der Waals surface area (Å²) in [6.07, 6.45) is 0. The maximum atomic E-state index is 5.87. The van der Waals surface area contributed by atoms with Crippen molar-refractivity contribution >= 4 is 0 Å². The summed E-state index contributed by atoms with van der Waals surface area (Å²) < 4.78 is 5.87. The minimum absolute atomic E-state index is 0.189. The molecular formula is C17H26O. The summed E-state index contributed by atoms with van der Waals surface area (Å²) in [7, 11) is 0. The normalized spacial score (nSPS) is 20.7. The number of rotatable bonds is 0. The SMILES string of the molecule is CC(C)(C)c1cccc2c1COCC2C(C)(C)C. The number of ether oxygens (including phenoxy) is 1. The predicted octanol–water partition coefficient (Wildman–Crippen LogP) is 4.64.